The molecule has 1 aromatic heterocycles. The maximum atomic E-state index is 12.6. The third kappa shape index (κ3) is 3.82. The molecule has 0 atom stereocenters. The predicted octanol–water partition coefficient (Wildman–Crippen LogP) is 1.29. The minimum Gasteiger partial charge on any atom is -0.396 e. The molecule has 0 aliphatic heterocycles. The van der Waals surface area contributed by atoms with Gasteiger partial charge in [0.15, 0.2) is 5.69 Å². The summed E-state index contributed by atoms with van der Waals surface area (Å²) in [5.41, 5.74) is 7.56. The van der Waals surface area contributed by atoms with Gasteiger partial charge in [0.1, 0.15) is 0 Å². The molecule has 6 nitrogen and oxygen atoms in total. The topological polar surface area (TPSA) is 73.4 Å². The van der Waals surface area contributed by atoms with Crippen LogP contribution in [0.15, 0.2) is 36.5 Å². The molecule has 1 amide bonds. The van der Waals surface area contributed by atoms with Gasteiger partial charge in [-0.25, -0.2) is 0 Å². The van der Waals surface area contributed by atoms with E-state index in [-0.39, 0.29) is 11.6 Å². The molecule has 1 heterocycles. The van der Waals surface area contributed by atoms with Crippen LogP contribution >= 0.6 is 0 Å². The zero-order valence-corrected chi connectivity index (χ0v) is 12.3. The van der Waals surface area contributed by atoms with Crippen LogP contribution in [0.3, 0.4) is 0 Å². The van der Waals surface area contributed by atoms with Crippen LogP contribution in [-0.2, 0) is 18.3 Å². The molecule has 0 aliphatic carbocycles. The average Bonchev–Trinajstić information content (AvgIpc) is 2.82. The lowest BCUT2D eigenvalue weighted by molar-refractivity contribution is 0.0675. The van der Waals surface area contributed by atoms with E-state index in [0.717, 1.165) is 5.56 Å². The van der Waals surface area contributed by atoms with E-state index < -0.39 is 0 Å². The Balaban J connectivity index is 2.19. The highest BCUT2D eigenvalue weighted by Crippen LogP contribution is 2.14. The molecule has 0 fully saturated rings. The van der Waals surface area contributed by atoms with Crippen LogP contribution in [0.25, 0.3) is 0 Å². The monoisotopic (exact) mass is 288 g/mol. The van der Waals surface area contributed by atoms with Crippen molar-refractivity contribution in [2.24, 2.45) is 7.05 Å². The number of carbonyl (C=O) groups excluding carboxylic acids is 1. The van der Waals surface area contributed by atoms with Crippen LogP contribution in [0, 0.1) is 0 Å². The average molecular weight is 288 g/mol. The van der Waals surface area contributed by atoms with E-state index in [4.69, 9.17) is 10.5 Å². The van der Waals surface area contributed by atoms with Crippen molar-refractivity contribution in [3.8, 4) is 0 Å². The first kappa shape index (κ1) is 15.1. The second-order valence-electron chi connectivity index (χ2n) is 4.81. The second kappa shape index (κ2) is 6.90. The van der Waals surface area contributed by atoms with Gasteiger partial charge in [-0.1, -0.05) is 30.3 Å². The van der Waals surface area contributed by atoms with Crippen molar-refractivity contribution in [1.29, 1.82) is 0 Å². The Morgan fingerprint density at radius 3 is 2.67 bits per heavy atom. The fourth-order valence-electron chi connectivity index (χ4n) is 2.08. The molecular weight excluding hydrogens is 268 g/mol. The number of benzene rings is 1. The molecule has 2 rings (SSSR count). The van der Waals surface area contributed by atoms with Crippen molar-refractivity contribution in [2.75, 3.05) is 26.0 Å². The summed E-state index contributed by atoms with van der Waals surface area (Å²) >= 11 is 0. The Bertz CT molecular complexity index is 595. The number of nitrogen functional groups attached to an aromatic ring is 1. The van der Waals surface area contributed by atoms with E-state index >= 15 is 0 Å². The molecule has 2 aromatic rings. The summed E-state index contributed by atoms with van der Waals surface area (Å²) in [6, 6.07) is 9.80. The Morgan fingerprint density at radius 2 is 2.10 bits per heavy atom. The van der Waals surface area contributed by atoms with Crippen LogP contribution in [0.5, 0.6) is 0 Å². The van der Waals surface area contributed by atoms with Gasteiger partial charge in [0.2, 0.25) is 0 Å². The predicted molar refractivity (Wildman–Crippen MR) is 80.7 cm³/mol. The van der Waals surface area contributed by atoms with Gasteiger partial charge in [-0.15, -0.1) is 0 Å². The SMILES string of the molecule is COCCN(Cc1ccccc1)C(=O)c1nn(C)cc1N. The Morgan fingerprint density at radius 1 is 1.38 bits per heavy atom. The summed E-state index contributed by atoms with van der Waals surface area (Å²) < 4.78 is 6.62. The molecule has 0 saturated heterocycles. The zero-order chi connectivity index (χ0) is 15.2. The molecule has 112 valence electrons. The molecule has 6 heteroatoms. The highest BCUT2D eigenvalue weighted by molar-refractivity contribution is 5.97. The number of ether oxygens (including phenoxy) is 1. The molecule has 21 heavy (non-hydrogen) atoms. The van der Waals surface area contributed by atoms with Gasteiger partial charge in [-0.3, -0.25) is 9.48 Å². The van der Waals surface area contributed by atoms with Crippen LogP contribution in [-0.4, -0.2) is 40.8 Å². The summed E-state index contributed by atoms with van der Waals surface area (Å²) in [7, 11) is 3.35. The van der Waals surface area contributed by atoms with Crippen molar-refractivity contribution in [1.82, 2.24) is 14.7 Å². The lowest BCUT2D eigenvalue weighted by Crippen LogP contribution is -2.34. The molecule has 0 spiro atoms. The summed E-state index contributed by atoms with van der Waals surface area (Å²) in [6.07, 6.45) is 1.63. The number of aromatic nitrogens is 2. The minimum absolute atomic E-state index is 0.186. The first-order valence-corrected chi connectivity index (χ1v) is 6.73. The first-order chi connectivity index (χ1) is 10.1. The number of carbonyl (C=O) groups is 1. The molecule has 1 aromatic carbocycles. The smallest absolute Gasteiger partial charge is 0.276 e. The molecule has 2 N–H and O–H groups in total. The maximum Gasteiger partial charge on any atom is 0.276 e. The van der Waals surface area contributed by atoms with E-state index in [1.165, 1.54) is 0 Å². The van der Waals surface area contributed by atoms with Gasteiger partial charge in [0, 0.05) is 33.4 Å². The van der Waals surface area contributed by atoms with Gasteiger partial charge < -0.3 is 15.4 Å². The van der Waals surface area contributed by atoms with Crippen LogP contribution in [0.2, 0.25) is 0 Å². The van der Waals surface area contributed by atoms with Crippen molar-refractivity contribution in [3.63, 3.8) is 0 Å². The van der Waals surface area contributed by atoms with E-state index in [1.807, 2.05) is 30.3 Å². The molecule has 0 aliphatic rings. The number of amides is 1. The Labute approximate surface area is 124 Å². The number of rotatable bonds is 6. The number of nitrogens with zero attached hydrogens (tertiary/aromatic N) is 3. The van der Waals surface area contributed by atoms with Crippen molar-refractivity contribution in [2.45, 2.75) is 6.54 Å². The van der Waals surface area contributed by atoms with Crippen LogP contribution < -0.4 is 5.73 Å². The number of methoxy groups -OCH3 is 1. The summed E-state index contributed by atoms with van der Waals surface area (Å²) in [5.74, 6) is -0.186. The van der Waals surface area contributed by atoms with E-state index in [0.29, 0.717) is 25.4 Å². The normalized spacial score (nSPS) is 10.6. The maximum absolute atomic E-state index is 12.6. The highest BCUT2D eigenvalue weighted by atomic mass is 16.5. The number of anilines is 1. The third-order valence-corrected chi connectivity index (χ3v) is 3.13. The fourth-order valence-corrected chi connectivity index (χ4v) is 2.08. The van der Waals surface area contributed by atoms with Gasteiger partial charge in [0.25, 0.3) is 5.91 Å². The number of aryl methyl sites for hydroxylation is 1. The second-order valence-corrected chi connectivity index (χ2v) is 4.81. The lowest BCUT2D eigenvalue weighted by Gasteiger charge is -2.21. The van der Waals surface area contributed by atoms with Crippen molar-refractivity contribution in [3.05, 3.63) is 47.8 Å². The molecular formula is C15H20N4O2. The Kier molecular flexibility index (Phi) is 4.94. The molecule has 0 saturated carbocycles. The van der Waals surface area contributed by atoms with Gasteiger partial charge in [0.05, 0.1) is 12.3 Å². The first-order valence-electron chi connectivity index (χ1n) is 6.73. The summed E-state index contributed by atoms with van der Waals surface area (Å²) in [4.78, 5) is 14.3. The van der Waals surface area contributed by atoms with E-state index in [2.05, 4.69) is 5.10 Å². The largest absolute Gasteiger partial charge is 0.396 e. The van der Waals surface area contributed by atoms with Crippen molar-refractivity contribution < 1.29 is 9.53 Å². The lowest BCUT2D eigenvalue weighted by atomic mass is 10.2. The third-order valence-electron chi connectivity index (χ3n) is 3.13. The van der Waals surface area contributed by atoms with Crippen molar-refractivity contribution >= 4 is 11.6 Å². The molecule has 0 bridgehead atoms. The number of hydrogen-bond acceptors (Lipinski definition) is 4. The number of nitrogens with two attached hydrogens (primary N) is 1. The number of hydrogen-bond donors (Lipinski definition) is 1. The van der Waals surface area contributed by atoms with E-state index in [1.54, 1.807) is 29.9 Å². The minimum atomic E-state index is -0.186. The molecule has 0 unspecified atom stereocenters. The quantitative estimate of drug-likeness (QED) is 0.869. The molecule has 0 radical (unpaired) electrons. The summed E-state index contributed by atoms with van der Waals surface area (Å²) in [6.45, 7) is 1.45. The van der Waals surface area contributed by atoms with Gasteiger partial charge >= 0.3 is 0 Å². The van der Waals surface area contributed by atoms with E-state index in [9.17, 15) is 4.79 Å². The van der Waals surface area contributed by atoms with Gasteiger partial charge in [-0.2, -0.15) is 5.10 Å². The van der Waals surface area contributed by atoms with Crippen LogP contribution in [0.4, 0.5) is 5.69 Å². The van der Waals surface area contributed by atoms with Gasteiger partial charge in [-0.05, 0) is 5.56 Å². The fraction of sp³-hybridized carbons (Fsp3) is 0.333. The Hall–Kier alpha value is -2.34. The zero-order valence-electron chi connectivity index (χ0n) is 12.3. The standard InChI is InChI=1S/C15H20N4O2/c1-18-11-13(16)14(17-18)15(20)19(8-9-21-2)10-12-6-4-3-5-7-12/h3-7,11H,8-10,16H2,1-2H3. The highest BCUT2D eigenvalue weighted by Gasteiger charge is 2.21. The van der Waals surface area contributed by atoms with Crippen LogP contribution in [0.1, 0.15) is 16.1 Å². The summed E-state index contributed by atoms with van der Waals surface area (Å²) in [5, 5.41) is 4.14.